The van der Waals surface area contributed by atoms with E-state index in [0.29, 0.717) is 17.2 Å². The predicted octanol–water partition coefficient (Wildman–Crippen LogP) is 4.31. The van der Waals surface area contributed by atoms with E-state index >= 15 is 0 Å². The lowest BCUT2D eigenvalue weighted by Gasteiger charge is -2.12. The number of ether oxygens (including phenoxy) is 2. The number of halogens is 1. The summed E-state index contributed by atoms with van der Waals surface area (Å²) >= 11 is 3.34. The summed E-state index contributed by atoms with van der Waals surface area (Å²) in [6.45, 7) is 0.509. The molecule has 0 bridgehead atoms. The van der Waals surface area contributed by atoms with Gasteiger partial charge in [-0.3, -0.25) is 10.1 Å². The fraction of sp³-hybridized carbons (Fsp3) is 0.136. The van der Waals surface area contributed by atoms with Gasteiger partial charge in [-0.2, -0.15) is 0 Å². The first-order valence-electron chi connectivity index (χ1n) is 9.39. The maximum Gasteiger partial charge on any atom is 0.324 e. The molecule has 9 heteroatoms. The molecular formula is C22H21BrN4O4. The Morgan fingerprint density at radius 3 is 2.45 bits per heavy atom. The quantitative estimate of drug-likeness (QED) is 0.413. The molecule has 3 amide bonds. The Morgan fingerprint density at radius 2 is 1.71 bits per heavy atom. The van der Waals surface area contributed by atoms with E-state index < -0.39 is 6.03 Å². The number of rotatable bonds is 8. The number of amides is 3. The molecule has 3 N–H and O–H groups in total. The number of anilines is 2. The van der Waals surface area contributed by atoms with Crippen molar-refractivity contribution >= 4 is 39.4 Å². The van der Waals surface area contributed by atoms with Crippen LogP contribution in [0.5, 0.6) is 11.5 Å². The Morgan fingerprint density at radius 1 is 0.968 bits per heavy atom. The summed E-state index contributed by atoms with van der Waals surface area (Å²) in [6.07, 6.45) is 1.50. The Hall–Kier alpha value is -3.59. The zero-order chi connectivity index (χ0) is 22.1. The normalized spacial score (nSPS) is 10.1. The molecule has 0 aliphatic rings. The standard InChI is InChI=1S/C22H21BrN4O4/c1-30-18-6-2-3-7-19(18)31-14-13-25-21(28)17-5-4-12-24-20(17)27-22(29)26-16-10-8-15(23)9-11-16/h2-12H,13-14H2,1H3,(H,25,28)(H2,24,26,27,29). The number of methoxy groups -OCH3 is 1. The van der Waals surface area contributed by atoms with Crippen molar-refractivity contribution in [1.29, 1.82) is 0 Å². The van der Waals surface area contributed by atoms with Gasteiger partial charge in [0.2, 0.25) is 0 Å². The fourth-order valence-corrected chi connectivity index (χ4v) is 2.91. The van der Waals surface area contributed by atoms with Crippen molar-refractivity contribution in [2.24, 2.45) is 0 Å². The Labute approximate surface area is 188 Å². The van der Waals surface area contributed by atoms with Gasteiger partial charge < -0.3 is 20.1 Å². The molecule has 0 spiro atoms. The van der Waals surface area contributed by atoms with E-state index in [-0.39, 0.29) is 30.4 Å². The third kappa shape index (κ3) is 6.45. The van der Waals surface area contributed by atoms with Gasteiger partial charge in [-0.1, -0.05) is 28.1 Å². The molecule has 2 aromatic carbocycles. The number of carbonyl (C=O) groups is 2. The number of nitrogens with one attached hydrogen (secondary N) is 3. The lowest BCUT2D eigenvalue weighted by atomic mass is 10.2. The third-order valence-electron chi connectivity index (χ3n) is 4.10. The van der Waals surface area contributed by atoms with Crippen LogP contribution in [0.3, 0.4) is 0 Å². The highest BCUT2D eigenvalue weighted by molar-refractivity contribution is 9.10. The van der Waals surface area contributed by atoms with Gasteiger partial charge in [-0.15, -0.1) is 0 Å². The van der Waals surface area contributed by atoms with E-state index in [1.165, 1.54) is 6.20 Å². The molecule has 1 heterocycles. The van der Waals surface area contributed by atoms with Gasteiger partial charge in [0.1, 0.15) is 12.4 Å². The molecule has 31 heavy (non-hydrogen) atoms. The summed E-state index contributed by atoms with van der Waals surface area (Å²) in [5, 5.41) is 8.05. The second-order valence-electron chi connectivity index (χ2n) is 6.24. The minimum Gasteiger partial charge on any atom is -0.493 e. The van der Waals surface area contributed by atoms with Gasteiger partial charge in [0.25, 0.3) is 5.91 Å². The van der Waals surface area contributed by atoms with Gasteiger partial charge in [0, 0.05) is 16.4 Å². The molecule has 3 rings (SSSR count). The lowest BCUT2D eigenvalue weighted by Crippen LogP contribution is -2.30. The highest BCUT2D eigenvalue weighted by Crippen LogP contribution is 2.25. The average Bonchev–Trinajstić information content (AvgIpc) is 2.78. The molecule has 0 atom stereocenters. The molecule has 1 aromatic heterocycles. The van der Waals surface area contributed by atoms with E-state index in [1.807, 2.05) is 24.3 Å². The van der Waals surface area contributed by atoms with Crippen molar-refractivity contribution in [2.75, 3.05) is 30.9 Å². The second-order valence-corrected chi connectivity index (χ2v) is 7.16. The monoisotopic (exact) mass is 484 g/mol. The first-order chi connectivity index (χ1) is 15.1. The number of hydrogen-bond donors (Lipinski definition) is 3. The van der Waals surface area contributed by atoms with Gasteiger partial charge >= 0.3 is 6.03 Å². The van der Waals surface area contributed by atoms with Crippen LogP contribution in [-0.2, 0) is 0 Å². The third-order valence-corrected chi connectivity index (χ3v) is 4.63. The molecule has 0 radical (unpaired) electrons. The molecule has 3 aromatic rings. The minimum absolute atomic E-state index is 0.153. The molecular weight excluding hydrogens is 464 g/mol. The van der Waals surface area contributed by atoms with Crippen LogP contribution >= 0.6 is 15.9 Å². The minimum atomic E-state index is -0.505. The summed E-state index contributed by atoms with van der Waals surface area (Å²) in [4.78, 5) is 29.0. The van der Waals surface area contributed by atoms with E-state index in [1.54, 1.807) is 43.5 Å². The molecule has 160 valence electrons. The van der Waals surface area contributed by atoms with Crippen LogP contribution in [0, 0.1) is 0 Å². The fourth-order valence-electron chi connectivity index (χ4n) is 2.65. The molecule has 0 saturated carbocycles. The maximum absolute atomic E-state index is 12.6. The maximum atomic E-state index is 12.6. The predicted molar refractivity (Wildman–Crippen MR) is 122 cm³/mol. The average molecular weight is 485 g/mol. The van der Waals surface area contributed by atoms with Crippen LogP contribution in [0.25, 0.3) is 0 Å². The van der Waals surface area contributed by atoms with Crippen molar-refractivity contribution in [3.8, 4) is 11.5 Å². The van der Waals surface area contributed by atoms with Crippen molar-refractivity contribution in [3.63, 3.8) is 0 Å². The zero-order valence-electron chi connectivity index (χ0n) is 16.7. The number of benzene rings is 2. The Balaban J connectivity index is 1.54. The molecule has 0 saturated heterocycles. The topological polar surface area (TPSA) is 102 Å². The van der Waals surface area contributed by atoms with E-state index in [2.05, 4.69) is 36.9 Å². The number of aromatic nitrogens is 1. The molecule has 0 aliphatic heterocycles. The molecule has 8 nitrogen and oxygen atoms in total. The molecule has 0 fully saturated rings. The highest BCUT2D eigenvalue weighted by Gasteiger charge is 2.14. The summed E-state index contributed by atoms with van der Waals surface area (Å²) in [5.41, 5.74) is 0.849. The molecule has 0 unspecified atom stereocenters. The van der Waals surface area contributed by atoms with Crippen molar-refractivity contribution in [1.82, 2.24) is 10.3 Å². The van der Waals surface area contributed by atoms with Gasteiger partial charge in [0.05, 0.1) is 19.2 Å². The first kappa shape index (κ1) is 22.1. The van der Waals surface area contributed by atoms with Crippen LogP contribution in [0.2, 0.25) is 0 Å². The highest BCUT2D eigenvalue weighted by atomic mass is 79.9. The number of nitrogens with zero attached hydrogens (tertiary/aromatic N) is 1. The largest absolute Gasteiger partial charge is 0.493 e. The van der Waals surface area contributed by atoms with Crippen LogP contribution in [-0.4, -0.2) is 37.2 Å². The van der Waals surface area contributed by atoms with Crippen LogP contribution < -0.4 is 25.4 Å². The van der Waals surface area contributed by atoms with Gasteiger partial charge in [-0.05, 0) is 48.5 Å². The van der Waals surface area contributed by atoms with Gasteiger partial charge in [0.15, 0.2) is 11.5 Å². The number of hydrogen-bond acceptors (Lipinski definition) is 5. The van der Waals surface area contributed by atoms with E-state index in [4.69, 9.17) is 9.47 Å². The number of para-hydroxylation sites is 2. The first-order valence-corrected chi connectivity index (χ1v) is 10.2. The summed E-state index contributed by atoms with van der Waals surface area (Å²) in [5.74, 6) is 0.980. The van der Waals surface area contributed by atoms with E-state index in [0.717, 1.165) is 4.47 Å². The van der Waals surface area contributed by atoms with Crippen LogP contribution in [0.1, 0.15) is 10.4 Å². The zero-order valence-corrected chi connectivity index (χ0v) is 18.3. The van der Waals surface area contributed by atoms with Crippen molar-refractivity contribution in [2.45, 2.75) is 0 Å². The number of carbonyl (C=O) groups excluding carboxylic acids is 2. The Bertz CT molecular complexity index is 1040. The number of pyridine rings is 1. The SMILES string of the molecule is COc1ccccc1OCCNC(=O)c1cccnc1NC(=O)Nc1ccc(Br)cc1. The lowest BCUT2D eigenvalue weighted by molar-refractivity contribution is 0.0947. The van der Waals surface area contributed by atoms with Crippen LogP contribution in [0.15, 0.2) is 71.3 Å². The van der Waals surface area contributed by atoms with E-state index in [9.17, 15) is 9.59 Å². The smallest absolute Gasteiger partial charge is 0.324 e. The van der Waals surface area contributed by atoms with Crippen molar-refractivity contribution in [3.05, 3.63) is 76.9 Å². The van der Waals surface area contributed by atoms with Gasteiger partial charge in [-0.25, -0.2) is 9.78 Å². The van der Waals surface area contributed by atoms with Crippen molar-refractivity contribution < 1.29 is 19.1 Å². The summed E-state index contributed by atoms with van der Waals surface area (Å²) in [7, 11) is 1.56. The summed E-state index contributed by atoms with van der Waals surface area (Å²) < 4.78 is 11.8. The molecule has 0 aliphatic carbocycles. The van der Waals surface area contributed by atoms with Crippen LogP contribution in [0.4, 0.5) is 16.3 Å². The number of urea groups is 1. The Kier molecular flexibility index (Phi) is 7.83. The second kappa shape index (κ2) is 11.0. The summed E-state index contributed by atoms with van der Waals surface area (Å²) in [6, 6.07) is 17.1.